The van der Waals surface area contributed by atoms with Crippen molar-refractivity contribution in [3.8, 4) is 33.6 Å². The predicted molar refractivity (Wildman–Crippen MR) is 236 cm³/mol. The Bertz CT molecular complexity index is 3470. The van der Waals surface area contributed by atoms with Gasteiger partial charge in [0, 0.05) is 52.8 Å². The van der Waals surface area contributed by atoms with Gasteiger partial charge in [-0.1, -0.05) is 127 Å². The third-order valence-electron chi connectivity index (χ3n) is 11.5. The molecule has 0 spiro atoms. The molecule has 0 atom stereocenters. The first-order valence-corrected chi connectivity index (χ1v) is 19.7. The number of para-hydroxylation sites is 1. The normalized spacial score (nSPS) is 12.0. The van der Waals surface area contributed by atoms with E-state index in [0.29, 0.717) is 0 Å². The van der Waals surface area contributed by atoms with Crippen LogP contribution < -0.4 is 0 Å². The molecule has 0 radical (unpaired) electrons. The molecule has 0 N–H and O–H groups in total. The summed E-state index contributed by atoms with van der Waals surface area (Å²) in [4.78, 5) is 0. The highest BCUT2D eigenvalue weighted by molar-refractivity contribution is 7.25. The second-order valence-electron chi connectivity index (χ2n) is 14.5. The van der Waals surface area contributed by atoms with Gasteiger partial charge in [-0.05, 0) is 94.4 Å². The molecule has 12 rings (SSSR count). The second-order valence-corrected chi connectivity index (χ2v) is 15.6. The lowest BCUT2D eigenvalue weighted by molar-refractivity contribution is 1.18. The van der Waals surface area contributed by atoms with E-state index in [9.17, 15) is 0 Å². The van der Waals surface area contributed by atoms with Crippen molar-refractivity contribution in [3.05, 3.63) is 194 Å². The van der Waals surface area contributed by atoms with Gasteiger partial charge in [0.05, 0.1) is 27.8 Å². The van der Waals surface area contributed by atoms with Crippen molar-refractivity contribution >= 4 is 85.9 Å². The van der Waals surface area contributed by atoms with Gasteiger partial charge in [-0.25, -0.2) is 0 Å². The lowest BCUT2D eigenvalue weighted by Gasteiger charge is -2.12. The number of hydrogen-bond acceptors (Lipinski definition) is 1. The van der Waals surface area contributed by atoms with E-state index in [0.717, 1.165) is 5.69 Å². The lowest BCUT2D eigenvalue weighted by atomic mass is 9.99. The van der Waals surface area contributed by atoms with Crippen LogP contribution in [0.4, 0.5) is 0 Å². The number of benzene rings is 9. The molecule has 0 unspecified atom stereocenters. The van der Waals surface area contributed by atoms with Crippen LogP contribution >= 0.6 is 11.3 Å². The number of rotatable bonds is 4. The van der Waals surface area contributed by atoms with E-state index in [-0.39, 0.29) is 0 Å². The van der Waals surface area contributed by atoms with E-state index in [4.69, 9.17) is 0 Å². The summed E-state index contributed by atoms with van der Waals surface area (Å²) in [6.45, 7) is 0. The molecule has 0 aliphatic heterocycles. The first-order chi connectivity index (χ1) is 27.3. The van der Waals surface area contributed by atoms with Crippen molar-refractivity contribution in [1.82, 2.24) is 9.13 Å². The minimum absolute atomic E-state index is 1.16. The Morgan fingerprint density at radius 1 is 0.327 bits per heavy atom. The van der Waals surface area contributed by atoms with Crippen LogP contribution in [0.5, 0.6) is 0 Å². The maximum Gasteiger partial charge on any atom is 0.0619 e. The third kappa shape index (κ3) is 4.54. The van der Waals surface area contributed by atoms with Crippen molar-refractivity contribution in [2.45, 2.75) is 0 Å². The molecule has 9 aromatic carbocycles. The van der Waals surface area contributed by atoms with Gasteiger partial charge >= 0.3 is 0 Å². The summed E-state index contributed by atoms with van der Waals surface area (Å²) in [5.41, 5.74) is 12.1. The smallest absolute Gasteiger partial charge is 0.0619 e. The monoisotopic (exact) mass is 716 g/mol. The quantitative estimate of drug-likeness (QED) is 0.172. The summed E-state index contributed by atoms with van der Waals surface area (Å²) in [5.74, 6) is 0. The van der Waals surface area contributed by atoms with Gasteiger partial charge < -0.3 is 9.13 Å². The van der Waals surface area contributed by atoms with Crippen LogP contribution in [0.2, 0.25) is 0 Å². The topological polar surface area (TPSA) is 9.86 Å². The summed E-state index contributed by atoms with van der Waals surface area (Å²) >= 11 is 1.87. The molecule has 0 aliphatic carbocycles. The highest BCUT2D eigenvalue weighted by Gasteiger charge is 2.20. The molecule has 0 saturated carbocycles. The van der Waals surface area contributed by atoms with Crippen LogP contribution in [0.25, 0.3) is 108 Å². The van der Waals surface area contributed by atoms with Crippen molar-refractivity contribution in [1.29, 1.82) is 0 Å². The van der Waals surface area contributed by atoms with Crippen molar-refractivity contribution in [2.24, 2.45) is 0 Å². The molecule has 3 heteroatoms. The first-order valence-electron chi connectivity index (χ1n) is 18.8. The molecule has 12 aromatic rings. The van der Waals surface area contributed by atoms with E-state index >= 15 is 0 Å². The Labute approximate surface area is 321 Å². The Kier molecular flexibility index (Phi) is 6.54. The maximum absolute atomic E-state index is 2.53. The molecule has 0 fully saturated rings. The Balaban J connectivity index is 1.12. The number of thiophene rings is 1. The fourth-order valence-corrected chi connectivity index (χ4v) is 10.1. The maximum atomic E-state index is 2.53. The fraction of sp³-hybridized carbons (Fsp3) is 0. The standard InChI is InChI=1S/C52H32N2S/c1-3-12-33(13-4-1)35-23-27-45-43(30-35)44-32-37(24-28-46(44)53(45)38-15-5-2-6-16-38)36-25-29-47-42(31-36)40-26-22-34-14-7-8-17-39(34)52(40)54(47)48-19-11-21-50-51(48)41-18-9-10-20-49(41)55-50/h1-32H. The molecular weight excluding hydrogens is 685 g/mol. The van der Waals surface area contributed by atoms with E-state index in [1.54, 1.807) is 0 Å². The third-order valence-corrected chi connectivity index (χ3v) is 12.6. The highest BCUT2D eigenvalue weighted by Crippen LogP contribution is 2.44. The number of hydrogen-bond donors (Lipinski definition) is 0. The van der Waals surface area contributed by atoms with E-state index < -0.39 is 0 Å². The average molecular weight is 717 g/mol. The van der Waals surface area contributed by atoms with Crippen LogP contribution in [0.3, 0.4) is 0 Å². The van der Waals surface area contributed by atoms with E-state index in [1.807, 2.05) is 11.3 Å². The Morgan fingerprint density at radius 3 is 1.62 bits per heavy atom. The number of aromatic nitrogens is 2. The van der Waals surface area contributed by atoms with Crippen LogP contribution in [0.1, 0.15) is 0 Å². The predicted octanol–water partition coefficient (Wildman–Crippen LogP) is 14.7. The summed E-state index contributed by atoms with van der Waals surface area (Å²) < 4.78 is 7.56. The molecule has 0 bridgehead atoms. The van der Waals surface area contributed by atoms with Crippen LogP contribution in [-0.2, 0) is 0 Å². The van der Waals surface area contributed by atoms with E-state index in [1.165, 1.54) is 102 Å². The zero-order chi connectivity index (χ0) is 36.0. The highest BCUT2D eigenvalue weighted by atomic mass is 32.1. The molecule has 2 nitrogen and oxygen atoms in total. The Morgan fingerprint density at radius 2 is 0.891 bits per heavy atom. The Hall–Kier alpha value is -6.94. The zero-order valence-corrected chi connectivity index (χ0v) is 30.6. The van der Waals surface area contributed by atoms with Gasteiger partial charge in [0.2, 0.25) is 0 Å². The average Bonchev–Trinajstić information content (AvgIpc) is 3.91. The molecule has 256 valence electrons. The van der Waals surface area contributed by atoms with Gasteiger partial charge in [-0.2, -0.15) is 0 Å². The summed E-state index contributed by atoms with van der Waals surface area (Å²) in [6.07, 6.45) is 0. The summed E-state index contributed by atoms with van der Waals surface area (Å²) in [6, 6.07) is 71.4. The molecule has 3 aromatic heterocycles. The van der Waals surface area contributed by atoms with Crippen LogP contribution in [-0.4, -0.2) is 9.13 Å². The molecule has 0 aliphatic rings. The summed E-state index contributed by atoms with van der Waals surface area (Å²) in [7, 11) is 0. The lowest BCUT2D eigenvalue weighted by Crippen LogP contribution is -1.95. The molecule has 0 saturated heterocycles. The van der Waals surface area contributed by atoms with Gasteiger partial charge in [-0.15, -0.1) is 11.3 Å². The van der Waals surface area contributed by atoms with Gasteiger partial charge in [0.25, 0.3) is 0 Å². The SMILES string of the molecule is c1ccc(-c2ccc3c(c2)c2cc(-c4ccc5c(c4)c4ccc6ccccc6c4n5-c4cccc5sc6ccccc6c45)ccc2n3-c2ccccc2)cc1. The van der Waals surface area contributed by atoms with Gasteiger partial charge in [-0.3, -0.25) is 0 Å². The van der Waals surface area contributed by atoms with E-state index in [2.05, 4.69) is 203 Å². The molecule has 55 heavy (non-hydrogen) atoms. The van der Waals surface area contributed by atoms with Crippen molar-refractivity contribution in [2.75, 3.05) is 0 Å². The second kappa shape index (κ2) is 11.8. The largest absolute Gasteiger partial charge is 0.309 e. The molecule has 3 heterocycles. The van der Waals surface area contributed by atoms with Crippen molar-refractivity contribution < 1.29 is 0 Å². The summed E-state index contributed by atoms with van der Waals surface area (Å²) in [5, 5.41) is 10.2. The van der Waals surface area contributed by atoms with Gasteiger partial charge in [0.1, 0.15) is 0 Å². The van der Waals surface area contributed by atoms with Gasteiger partial charge in [0.15, 0.2) is 0 Å². The fourth-order valence-electron chi connectivity index (χ4n) is 9.02. The molecule has 0 amide bonds. The first kappa shape index (κ1) is 30.5. The van der Waals surface area contributed by atoms with Crippen LogP contribution in [0.15, 0.2) is 194 Å². The number of fused-ring (bicyclic) bond motifs is 11. The zero-order valence-electron chi connectivity index (χ0n) is 29.8. The minimum Gasteiger partial charge on any atom is -0.309 e. The number of nitrogens with zero attached hydrogens (tertiary/aromatic N) is 2. The van der Waals surface area contributed by atoms with Crippen LogP contribution in [0, 0.1) is 0 Å². The minimum atomic E-state index is 1.16. The molecular formula is C52H32N2S. The van der Waals surface area contributed by atoms with Crippen molar-refractivity contribution in [3.63, 3.8) is 0 Å².